The summed E-state index contributed by atoms with van der Waals surface area (Å²) in [6.45, 7) is -1.63. The van der Waals surface area contributed by atoms with Crippen LogP contribution in [0.4, 0.5) is 13.6 Å². The van der Waals surface area contributed by atoms with E-state index in [2.05, 4.69) is 5.32 Å². The Hall–Kier alpha value is -2.69. The topological polar surface area (TPSA) is 88.8 Å². The van der Waals surface area contributed by atoms with Crippen LogP contribution in [-0.4, -0.2) is 44.9 Å². The zero-order valence-electron chi connectivity index (χ0n) is 15.5. The van der Waals surface area contributed by atoms with Gasteiger partial charge in [0.25, 0.3) is 11.9 Å². The van der Waals surface area contributed by atoms with Gasteiger partial charge in [-0.1, -0.05) is 23.7 Å². The highest BCUT2D eigenvalue weighted by molar-refractivity contribution is 7.89. The summed E-state index contributed by atoms with van der Waals surface area (Å²) in [5.41, 5.74) is 1.65. The van der Waals surface area contributed by atoms with Crippen molar-refractivity contribution in [2.24, 2.45) is 0 Å². The van der Waals surface area contributed by atoms with E-state index < -0.39 is 35.1 Å². The number of hydrogen-bond acceptors (Lipinski definition) is 5. The van der Waals surface area contributed by atoms with Gasteiger partial charge in [0, 0.05) is 18.5 Å². The molecule has 1 aliphatic heterocycles. The largest absolute Gasteiger partial charge is 0.424 e. The number of fused-ring (bicyclic) bond motifs is 1. The lowest BCUT2D eigenvalue weighted by Crippen LogP contribution is -2.58. The molecule has 2 heterocycles. The number of hydrogen-bond donors (Lipinski definition) is 1. The third-order valence-corrected chi connectivity index (χ3v) is 6.67. The van der Waals surface area contributed by atoms with Gasteiger partial charge >= 0.3 is 6.09 Å². The second-order valence-electron chi connectivity index (χ2n) is 6.73. The lowest BCUT2D eigenvalue weighted by Gasteiger charge is -2.37. The predicted octanol–water partition coefficient (Wildman–Crippen LogP) is 4.11. The van der Waals surface area contributed by atoms with E-state index in [0.29, 0.717) is 22.1 Å². The van der Waals surface area contributed by atoms with Crippen molar-refractivity contribution in [1.82, 2.24) is 9.62 Å². The van der Waals surface area contributed by atoms with Crippen LogP contribution < -0.4 is 10.1 Å². The smallest absolute Gasteiger partial charge is 0.414 e. The molecule has 1 N–H and O–H groups in total. The Bertz CT molecular complexity index is 1230. The number of nitrogens with zero attached hydrogens (tertiary/aromatic N) is 1. The molecule has 0 bridgehead atoms. The average molecular weight is 457 g/mol. The van der Waals surface area contributed by atoms with Crippen LogP contribution in [0.3, 0.4) is 0 Å². The molecule has 3 aromatic rings. The molecule has 0 spiro atoms. The van der Waals surface area contributed by atoms with Gasteiger partial charge in [0.2, 0.25) is 10.0 Å². The van der Waals surface area contributed by atoms with E-state index in [1.54, 1.807) is 24.3 Å². The Morgan fingerprint density at radius 3 is 2.43 bits per heavy atom. The van der Waals surface area contributed by atoms with Crippen LogP contribution >= 0.6 is 11.6 Å². The van der Waals surface area contributed by atoms with Gasteiger partial charge < -0.3 is 14.5 Å². The summed E-state index contributed by atoms with van der Waals surface area (Å²) in [6, 6.07) is 10.7. The number of ether oxygens (including phenoxy) is 1. The van der Waals surface area contributed by atoms with Crippen molar-refractivity contribution in [2.75, 3.05) is 20.1 Å². The van der Waals surface area contributed by atoms with E-state index >= 15 is 0 Å². The fourth-order valence-electron chi connectivity index (χ4n) is 3.05. The quantitative estimate of drug-likeness (QED) is 0.638. The number of nitrogens with one attached hydrogen (secondary N) is 1. The third-order valence-electron chi connectivity index (χ3n) is 4.59. The van der Waals surface area contributed by atoms with Crippen molar-refractivity contribution in [3.8, 4) is 17.1 Å². The number of sulfonamides is 1. The summed E-state index contributed by atoms with van der Waals surface area (Å²) in [5.74, 6) is -3.01. The maximum atomic E-state index is 13.0. The lowest BCUT2D eigenvalue weighted by atomic mass is 10.0. The Labute approximate surface area is 175 Å². The van der Waals surface area contributed by atoms with Crippen molar-refractivity contribution >= 4 is 38.7 Å². The molecule has 4 rings (SSSR count). The van der Waals surface area contributed by atoms with E-state index in [0.717, 1.165) is 4.31 Å². The van der Waals surface area contributed by atoms with E-state index in [4.69, 9.17) is 20.8 Å². The normalized spacial score (nSPS) is 16.3. The van der Waals surface area contributed by atoms with Gasteiger partial charge in [0.1, 0.15) is 0 Å². The summed E-state index contributed by atoms with van der Waals surface area (Å²) in [5, 5.41) is 3.15. The predicted molar refractivity (Wildman–Crippen MR) is 105 cm³/mol. The Balaban J connectivity index is 1.62. The highest BCUT2D eigenvalue weighted by atomic mass is 35.5. The number of carbonyl (C=O) groups excluding carboxylic acids is 1. The van der Waals surface area contributed by atoms with E-state index in [-0.39, 0.29) is 15.9 Å². The van der Waals surface area contributed by atoms with Gasteiger partial charge in [0.15, 0.2) is 5.58 Å². The fraction of sp³-hybridized carbons (Fsp3) is 0.211. The monoisotopic (exact) mass is 456 g/mol. The zero-order valence-corrected chi connectivity index (χ0v) is 17.1. The lowest BCUT2D eigenvalue weighted by molar-refractivity contribution is -0.0945. The number of benzene rings is 2. The van der Waals surface area contributed by atoms with Crippen molar-refractivity contribution in [3.05, 3.63) is 47.5 Å². The van der Waals surface area contributed by atoms with Gasteiger partial charge in [0.05, 0.1) is 23.0 Å². The molecule has 1 fully saturated rings. The van der Waals surface area contributed by atoms with Crippen LogP contribution in [0.5, 0.6) is 5.95 Å². The molecule has 30 heavy (non-hydrogen) atoms. The molecule has 2 aromatic carbocycles. The molecule has 0 unspecified atom stereocenters. The molecule has 0 radical (unpaired) electrons. The van der Waals surface area contributed by atoms with Crippen molar-refractivity contribution in [3.63, 3.8) is 0 Å². The fourth-order valence-corrected chi connectivity index (χ4v) is 4.82. The van der Waals surface area contributed by atoms with Crippen LogP contribution in [-0.2, 0) is 10.0 Å². The number of furan rings is 1. The molecule has 0 atom stereocenters. The highest BCUT2D eigenvalue weighted by Crippen LogP contribution is 2.36. The number of carbonyl (C=O) groups is 1. The molecule has 0 saturated carbocycles. The summed E-state index contributed by atoms with van der Waals surface area (Å²) >= 11 is 6.27. The standard InChI is InChI=1S/C19H15ClF2N2O5S/c1-23-18(25)29-16-8-13-6-12(7-15(20)17(13)28-16)11-2-4-14(5-3-11)30(26,27)24-9-19(21,22)10-24/h2-8H,9-10H2,1H3,(H,23,25). The molecule has 1 aliphatic rings. The van der Waals surface area contributed by atoms with Crippen LogP contribution in [0.15, 0.2) is 51.8 Å². The first-order valence-corrected chi connectivity index (χ1v) is 10.5. The minimum absolute atomic E-state index is 0.0313. The van der Waals surface area contributed by atoms with E-state index in [9.17, 15) is 22.0 Å². The SMILES string of the molecule is CNC(=O)Oc1cc2cc(-c3ccc(S(=O)(=O)N4CC(F)(F)C4)cc3)cc(Cl)c2o1. The Morgan fingerprint density at radius 1 is 1.17 bits per heavy atom. The zero-order chi connectivity index (χ0) is 21.7. The first kappa shape index (κ1) is 20.6. The maximum Gasteiger partial charge on any atom is 0.414 e. The van der Waals surface area contributed by atoms with E-state index in [1.807, 2.05) is 0 Å². The van der Waals surface area contributed by atoms with Crippen molar-refractivity contribution in [1.29, 1.82) is 0 Å². The van der Waals surface area contributed by atoms with Gasteiger partial charge in [-0.3, -0.25) is 0 Å². The van der Waals surface area contributed by atoms with Gasteiger partial charge in [-0.2, -0.15) is 4.31 Å². The minimum Gasteiger partial charge on any atom is -0.424 e. The van der Waals surface area contributed by atoms with Crippen LogP contribution in [0, 0.1) is 0 Å². The molecule has 7 nitrogen and oxygen atoms in total. The summed E-state index contributed by atoms with van der Waals surface area (Å²) in [7, 11) is -2.56. The molecule has 1 aromatic heterocycles. The van der Waals surface area contributed by atoms with Crippen molar-refractivity contribution < 1.29 is 31.1 Å². The molecular weight excluding hydrogens is 442 g/mol. The van der Waals surface area contributed by atoms with Crippen LogP contribution in [0.25, 0.3) is 22.1 Å². The number of alkyl halides is 2. The third kappa shape index (κ3) is 3.73. The number of amides is 1. The first-order chi connectivity index (χ1) is 14.1. The Kier molecular flexibility index (Phi) is 4.95. The average Bonchev–Trinajstić information content (AvgIpc) is 3.09. The van der Waals surface area contributed by atoms with Gasteiger partial charge in [-0.25, -0.2) is 22.0 Å². The Morgan fingerprint density at radius 2 is 1.83 bits per heavy atom. The van der Waals surface area contributed by atoms with Crippen molar-refractivity contribution in [2.45, 2.75) is 10.8 Å². The molecular formula is C19H15ClF2N2O5S. The maximum absolute atomic E-state index is 13.0. The van der Waals surface area contributed by atoms with Crippen LogP contribution in [0.1, 0.15) is 0 Å². The van der Waals surface area contributed by atoms with E-state index in [1.165, 1.54) is 25.2 Å². The van der Waals surface area contributed by atoms with Crippen LogP contribution in [0.2, 0.25) is 5.02 Å². The first-order valence-electron chi connectivity index (χ1n) is 8.70. The molecule has 158 valence electrons. The second kappa shape index (κ2) is 7.22. The second-order valence-corrected chi connectivity index (χ2v) is 9.08. The number of halogens is 3. The summed E-state index contributed by atoms with van der Waals surface area (Å²) in [4.78, 5) is 11.3. The molecule has 11 heteroatoms. The summed E-state index contributed by atoms with van der Waals surface area (Å²) < 4.78 is 62.0. The van der Waals surface area contributed by atoms with Gasteiger partial charge in [-0.05, 0) is 35.4 Å². The highest BCUT2D eigenvalue weighted by Gasteiger charge is 2.49. The molecule has 1 saturated heterocycles. The minimum atomic E-state index is -3.97. The summed E-state index contributed by atoms with van der Waals surface area (Å²) in [6.07, 6.45) is -0.692. The molecule has 0 aliphatic carbocycles. The molecule has 1 amide bonds. The van der Waals surface area contributed by atoms with Gasteiger partial charge in [-0.15, -0.1) is 0 Å². The number of rotatable bonds is 4.